The van der Waals surface area contributed by atoms with Crippen LogP contribution >= 0.6 is 0 Å². The van der Waals surface area contributed by atoms with Crippen LogP contribution in [-0.4, -0.2) is 33.8 Å². The zero-order valence-corrected chi connectivity index (χ0v) is 7.73. The Bertz CT molecular complexity index is 312. The minimum Gasteiger partial charge on any atom is -0.480 e. The second-order valence-corrected chi connectivity index (χ2v) is 2.81. The lowest BCUT2D eigenvalue weighted by atomic mass is 10.3. The summed E-state index contributed by atoms with van der Waals surface area (Å²) >= 11 is 0. The fourth-order valence-electron chi connectivity index (χ4n) is 0.840. The standard InChI is InChI=1S/C7H12N4O3/c1-4-10-6(11-14-4)3-9-2-5(8)7(12)13/h5,9H,2-3,8H2,1H3,(H,12,13). The molecule has 0 aliphatic heterocycles. The van der Waals surface area contributed by atoms with Crippen molar-refractivity contribution in [1.82, 2.24) is 15.5 Å². The second-order valence-electron chi connectivity index (χ2n) is 2.81. The molecule has 1 atom stereocenters. The Morgan fingerprint density at radius 2 is 2.50 bits per heavy atom. The van der Waals surface area contributed by atoms with Gasteiger partial charge in [0.2, 0.25) is 5.89 Å². The largest absolute Gasteiger partial charge is 0.480 e. The van der Waals surface area contributed by atoms with Crippen LogP contribution in [0.4, 0.5) is 0 Å². The molecule has 0 amide bonds. The predicted molar refractivity (Wildman–Crippen MR) is 46.4 cm³/mol. The first kappa shape index (κ1) is 10.6. The van der Waals surface area contributed by atoms with E-state index < -0.39 is 12.0 Å². The summed E-state index contributed by atoms with van der Waals surface area (Å²) in [7, 11) is 0. The number of carbonyl (C=O) groups is 1. The van der Waals surface area contributed by atoms with Gasteiger partial charge in [-0.3, -0.25) is 4.79 Å². The molecule has 7 heteroatoms. The van der Waals surface area contributed by atoms with Crippen molar-refractivity contribution in [2.75, 3.05) is 6.54 Å². The summed E-state index contributed by atoms with van der Waals surface area (Å²) in [6.45, 7) is 2.20. The monoisotopic (exact) mass is 200 g/mol. The molecule has 1 unspecified atom stereocenters. The Morgan fingerprint density at radius 1 is 1.79 bits per heavy atom. The van der Waals surface area contributed by atoms with Crippen LogP contribution in [0.25, 0.3) is 0 Å². The van der Waals surface area contributed by atoms with Crippen molar-refractivity contribution >= 4 is 5.97 Å². The average Bonchev–Trinajstić information content (AvgIpc) is 2.51. The lowest BCUT2D eigenvalue weighted by Gasteiger charge is -2.05. The Kier molecular flexibility index (Phi) is 3.55. The van der Waals surface area contributed by atoms with Crippen molar-refractivity contribution in [1.29, 1.82) is 0 Å². The summed E-state index contributed by atoms with van der Waals surface area (Å²) < 4.78 is 4.72. The van der Waals surface area contributed by atoms with Gasteiger partial charge < -0.3 is 20.7 Å². The Hall–Kier alpha value is -1.47. The van der Waals surface area contributed by atoms with E-state index in [-0.39, 0.29) is 6.54 Å². The first-order valence-electron chi connectivity index (χ1n) is 4.08. The van der Waals surface area contributed by atoms with E-state index >= 15 is 0 Å². The summed E-state index contributed by atoms with van der Waals surface area (Å²) in [5, 5.41) is 14.9. The lowest BCUT2D eigenvalue weighted by molar-refractivity contribution is -0.138. The predicted octanol–water partition coefficient (Wildman–Crippen LogP) is -1.12. The third-order valence-electron chi connectivity index (χ3n) is 1.53. The summed E-state index contributed by atoms with van der Waals surface area (Å²) in [5.41, 5.74) is 5.26. The number of nitrogens with one attached hydrogen (secondary N) is 1. The van der Waals surface area contributed by atoms with Crippen LogP contribution < -0.4 is 11.1 Å². The fourth-order valence-corrected chi connectivity index (χ4v) is 0.840. The fraction of sp³-hybridized carbons (Fsp3) is 0.571. The van der Waals surface area contributed by atoms with Crippen LogP contribution in [0.1, 0.15) is 11.7 Å². The van der Waals surface area contributed by atoms with Crippen LogP contribution in [-0.2, 0) is 11.3 Å². The van der Waals surface area contributed by atoms with Gasteiger partial charge in [-0.15, -0.1) is 0 Å². The van der Waals surface area contributed by atoms with Gasteiger partial charge in [0.1, 0.15) is 6.04 Å². The number of carboxylic acids is 1. The van der Waals surface area contributed by atoms with E-state index in [1.165, 1.54) is 0 Å². The van der Waals surface area contributed by atoms with Crippen molar-refractivity contribution in [3.63, 3.8) is 0 Å². The minimum absolute atomic E-state index is 0.170. The molecule has 1 aromatic heterocycles. The van der Waals surface area contributed by atoms with Crippen LogP contribution in [0.15, 0.2) is 4.52 Å². The van der Waals surface area contributed by atoms with Crippen molar-refractivity contribution in [2.24, 2.45) is 5.73 Å². The maximum absolute atomic E-state index is 10.3. The highest BCUT2D eigenvalue weighted by molar-refractivity contribution is 5.73. The van der Waals surface area contributed by atoms with Crippen LogP contribution in [0.5, 0.6) is 0 Å². The molecule has 0 spiro atoms. The maximum atomic E-state index is 10.3. The third-order valence-corrected chi connectivity index (χ3v) is 1.53. The van der Waals surface area contributed by atoms with Gasteiger partial charge in [-0.2, -0.15) is 4.98 Å². The zero-order chi connectivity index (χ0) is 10.6. The SMILES string of the molecule is Cc1nc(CNCC(N)C(=O)O)no1. The molecule has 1 rings (SSSR count). The molecular formula is C7H12N4O3. The molecule has 0 fully saturated rings. The highest BCUT2D eigenvalue weighted by Crippen LogP contribution is 1.93. The van der Waals surface area contributed by atoms with E-state index in [1.54, 1.807) is 6.92 Å². The molecule has 0 bridgehead atoms. The summed E-state index contributed by atoms with van der Waals surface area (Å²) in [6, 6.07) is -0.914. The molecule has 78 valence electrons. The summed E-state index contributed by atoms with van der Waals surface area (Å²) in [5.74, 6) is -0.0776. The van der Waals surface area contributed by atoms with Crippen molar-refractivity contribution in [2.45, 2.75) is 19.5 Å². The van der Waals surface area contributed by atoms with Gasteiger partial charge in [0, 0.05) is 13.5 Å². The quantitative estimate of drug-likeness (QED) is 0.551. The third kappa shape index (κ3) is 3.11. The van der Waals surface area contributed by atoms with Crippen molar-refractivity contribution in [3.8, 4) is 0 Å². The molecule has 1 aromatic rings. The van der Waals surface area contributed by atoms with Gasteiger partial charge in [0.05, 0.1) is 6.54 Å². The number of rotatable bonds is 5. The molecule has 14 heavy (non-hydrogen) atoms. The van der Waals surface area contributed by atoms with Crippen molar-refractivity contribution < 1.29 is 14.4 Å². The zero-order valence-electron chi connectivity index (χ0n) is 7.73. The normalized spacial score (nSPS) is 12.7. The number of aromatic nitrogens is 2. The Balaban J connectivity index is 2.25. The smallest absolute Gasteiger partial charge is 0.321 e. The Morgan fingerprint density at radius 3 is 3.00 bits per heavy atom. The molecule has 0 radical (unpaired) electrons. The van der Waals surface area contributed by atoms with Gasteiger partial charge in [-0.25, -0.2) is 0 Å². The second kappa shape index (κ2) is 4.68. The topological polar surface area (TPSA) is 114 Å². The number of nitrogens with zero attached hydrogens (tertiary/aromatic N) is 2. The lowest BCUT2D eigenvalue weighted by Crippen LogP contribution is -2.40. The van der Waals surface area contributed by atoms with Crippen LogP contribution in [0.3, 0.4) is 0 Å². The van der Waals surface area contributed by atoms with Gasteiger partial charge in [-0.05, 0) is 0 Å². The number of carboxylic acid groups (broad SMARTS) is 1. The molecule has 4 N–H and O–H groups in total. The van der Waals surface area contributed by atoms with E-state index in [9.17, 15) is 4.79 Å². The number of hydrogen-bond donors (Lipinski definition) is 3. The first-order chi connectivity index (χ1) is 6.59. The molecule has 0 aromatic carbocycles. The molecule has 0 aliphatic carbocycles. The Labute approximate surface area is 80.3 Å². The molecule has 0 saturated heterocycles. The van der Waals surface area contributed by atoms with E-state index in [2.05, 4.69) is 15.5 Å². The number of aryl methyl sites for hydroxylation is 1. The number of hydrogen-bond acceptors (Lipinski definition) is 6. The van der Waals surface area contributed by atoms with E-state index in [1.807, 2.05) is 0 Å². The highest BCUT2D eigenvalue weighted by Gasteiger charge is 2.10. The maximum Gasteiger partial charge on any atom is 0.321 e. The summed E-state index contributed by atoms with van der Waals surface area (Å²) in [4.78, 5) is 14.3. The molecular weight excluding hydrogens is 188 g/mol. The highest BCUT2D eigenvalue weighted by atomic mass is 16.5. The molecule has 0 aliphatic rings. The van der Waals surface area contributed by atoms with Gasteiger partial charge in [0.15, 0.2) is 5.82 Å². The van der Waals surface area contributed by atoms with Gasteiger partial charge >= 0.3 is 5.97 Å². The summed E-state index contributed by atoms with van der Waals surface area (Å²) in [6.07, 6.45) is 0. The number of aliphatic carboxylic acids is 1. The van der Waals surface area contributed by atoms with Crippen molar-refractivity contribution in [3.05, 3.63) is 11.7 Å². The van der Waals surface area contributed by atoms with Gasteiger partial charge in [0.25, 0.3) is 0 Å². The van der Waals surface area contributed by atoms with Crippen LogP contribution in [0, 0.1) is 6.92 Å². The van der Waals surface area contributed by atoms with E-state index in [4.69, 9.17) is 15.4 Å². The minimum atomic E-state index is -1.04. The van der Waals surface area contributed by atoms with E-state index in [0.717, 1.165) is 0 Å². The molecule has 7 nitrogen and oxygen atoms in total. The molecule has 0 saturated carbocycles. The first-order valence-corrected chi connectivity index (χ1v) is 4.08. The molecule has 1 heterocycles. The van der Waals surface area contributed by atoms with Crippen LogP contribution in [0.2, 0.25) is 0 Å². The average molecular weight is 200 g/mol. The van der Waals surface area contributed by atoms with E-state index in [0.29, 0.717) is 18.3 Å². The number of nitrogens with two attached hydrogens (primary N) is 1. The van der Waals surface area contributed by atoms with Gasteiger partial charge in [-0.1, -0.05) is 5.16 Å².